The molecule has 2 aromatic rings. The van der Waals surface area contributed by atoms with Gasteiger partial charge in [-0.1, -0.05) is 29.3 Å². The highest BCUT2D eigenvalue weighted by Crippen LogP contribution is 2.66. The van der Waals surface area contributed by atoms with Gasteiger partial charge in [-0.25, -0.2) is 4.39 Å². The van der Waals surface area contributed by atoms with Gasteiger partial charge in [0.1, 0.15) is 11.6 Å². The molecule has 0 aromatic heterocycles. The lowest BCUT2D eigenvalue weighted by Crippen LogP contribution is -2.84. The van der Waals surface area contributed by atoms with Gasteiger partial charge in [0, 0.05) is 27.8 Å². The fourth-order valence-electron chi connectivity index (χ4n) is 4.96. The predicted octanol–water partition coefficient (Wildman–Crippen LogP) is 3.45. The Bertz CT molecular complexity index is 1070. The molecule has 0 spiro atoms. The van der Waals surface area contributed by atoms with Gasteiger partial charge in [0.05, 0.1) is 10.6 Å². The van der Waals surface area contributed by atoms with Crippen LogP contribution in [0.25, 0.3) is 0 Å². The molecule has 156 valence electrons. The second-order valence-corrected chi connectivity index (χ2v) is 9.07. The Morgan fingerprint density at radius 3 is 2.67 bits per heavy atom. The smallest absolute Gasteiger partial charge is 0.258 e. The number of halogens is 3. The molecule has 6 rings (SSSR count). The average molecular weight is 451 g/mol. The van der Waals surface area contributed by atoms with Crippen molar-refractivity contribution in [3.05, 3.63) is 63.4 Å². The third-order valence-electron chi connectivity index (χ3n) is 6.17. The summed E-state index contributed by atoms with van der Waals surface area (Å²) in [5.74, 6) is -0.981. The van der Waals surface area contributed by atoms with E-state index in [-0.39, 0.29) is 29.2 Å². The van der Waals surface area contributed by atoms with Gasteiger partial charge in [-0.2, -0.15) is 0 Å². The van der Waals surface area contributed by atoms with Gasteiger partial charge in [0.2, 0.25) is 0 Å². The van der Waals surface area contributed by atoms with Gasteiger partial charge in [-0.05, 0) is 43.5 Å². The Hall–Kier alpha value is -2.35. The van der Waals surface area contributed by atoms with Gasteiger partial charge >= 0.3 is 0 Å². The Morgan fingerprint density at radius 1 is 1.23 bits per heavy atom. The fourth-order valence-corrected chi connectivity index (χ4v) is 5.25. The molecule has 0 unspecified atom stereocenters. The normalized spacial score (nSPS) is 28.5. The first-order valence-electron chi connectivity index (χ1n) is 9.42. The van der Waals surface area contributed by atoms with Crippen molar-refractivity contribution in [3.63, 3.8) is 0 Å². The van der Waals surface area contributed by atoms with E-state index in [0.29, 0.717) is 35.4 Å². The van der Waals surface area contributed by atoms with Crippen LogP contribution < -0.4 is 10.1 Å². The van der Waals surface area contributed by atoms with Crippen LogP contribution in [0, 0.1) is 5.82 Å². The minimum atomic E-state index is -1.01. The van der Waals surface area contributed by atoms with E-state index in [1.165, 1.54) is 17.0 Å². The molecule has 2 amide bonds. The van der Waals surface area contributed by atoms with Crippen LogP contribution in [0.4, 0.5) is 4.39 Å². The van der Waals surface area contributed by atoms with Gasteiger partial charge < -0.3 is 20.1 Å². The Balaban J connectivity index is 1.19. The zero-order valence-corrected chi connectivity index (χ0v) is 17.1. The molecule has 9 heteroatoms. The van der Waals surface area contributed by atoms with E-state index >= 15 is 0 Å². The zero-order chi connectivity index (χ0) is 21.3. The maximum absolute atomic E-state index is 13.4. The zero-order valence-electron chi connectivity index (χ0n) is 15.6. The first kappa shape index (κ1) is 19.6. The molecule has 2 bridgehead atoms. The number of ether oxygens (including phenoxy) is 1. The summed E-state index contributed by atoms with van der Waals surface area (Å²) < 4.78 is 18.8. The van der Waals surface area contributed by atoms with E-state index in [0.717, 1.165) is 6.07 Å². The molecule has 1 aliphatic heterocycles. The molecule has 3 fully saturated rings. The molecule has 2 aromatic carbocycles. The highest BCUT2D eigenvalue weighted by Gasteiger charge is 2.73. The van der Waals surface area contributed by atoms with Crippen molar-refractivity contribution in [3.8, 4) is 5.75 Å². The van der Waals surface area contributed by atoms with Crippen LogP contribution in [0.2, 0.25) is 10.0 Å². The van der Waals surface area contributed by atoms with Crippen LogP contribution >= 0.6 is 23.2 Å². The largest absolute Gasteiger partial charge is 0.484 e. The average Bonchev–Trinajstić information content (AvgIpc) is 2.88. The molecule has 2 N–H and O–H groups in total. The number of nitrogens with one attached hydrogen (secondary N) is 1. The maximum Gasteiger partial charge on any atom is 0.258 e. The molecular formula is C21H17Cl2FN2O4. The van der Waals surface area contributed by atoms with Gasteiger partial charge in [0.15, 0.2) is 12.8 Å². The number of hydrogen-bond donors (Lipinski definition) is 2. The van der Waals surface area contributed by atoms with Crippen LogP contribution in [-0.2, 0) is 4.79 Å². The van der Waals surface area contributed by atoms with Crippen molar-refractivity contribution in [1.82, 2.24) is 10.2 Å². The lowest BCUT2D eigenvalue weighted by molar-refractivity contribution is -0.200. The number of hydrogen-bond acceptors (Lipinski definition) is 4. The summed E-state index contributed by atoms with van der Waals surface area (Å²) >= 11 is 11.6. The Morgan fingerprint density at radius 2 is 1.97 bits per heavy atom. The molecular weight excluding hydrogens is 434 g/mol. The number of aliphatic hydroxyl groups excluding tert-OH is 1. The van der Waals surface area contributed by atoms with Crippen molar-refractivity contribution in [2.45, 2.75) is 36.6 Å². The molecule has 4 aliphatic rings. The van der Waals surface area contributed by atoms with Crippen LogP contribution in [0.5, 0.6) is 5.75 Å². The van der Waals surface area contributed by atoms with E-state index in [9.17, 15) is 19.1 Å². The number of amides is 2. The summed E-state index contributed by atoms with van der Waals surface area (Å²) in [6.07, 6.45) is 0.672. The quantitative estimate of drug-likeness (QED) is 0.730. The standard InChI is InChI=1S/C21H17Cl2FN2O4/c22-11-1-3-13-14(5-11)19(29)26(18(13)28)21-8-20(9-21,10-21)25-17(27)7-30-12-2-4-15(23)16(24)6-12/h1-6,18,28H,7-10H2,(H,25,27)/t18-,20?,21?/m0/s1. The molecule has 3 aliphatic carbocycles. The summed E-state index contributed by atoms with van der Waals surface area (Å²) in [5.41, 5.74) is 0.102. The second kappa shape index (κ2) is 6.57. The maximum atomic E-state index is 13.4. The summed E-state index contributed by atoms with van der Waals surface area (Å²) in [4.78, 5) is 26.6. The SMILES string of the molecule is O=C(COc1ccc(Cl)c(F)c1)NC12CC(N3C(=O)c4cc(Cl)ccc4[C@@H]3O)(C1)C2. The molecule has 1 atom stereocenters. The van der Waals surface area contributed by atoms with Gasteiger partial charge in [0.25, 0.3) is 11.8 Å². The van der Waals surface area contributed by atoms with Crippen molar-refractivity contribution in [2.75, 3.05) is 6.61 Å². The van der Waals surface area contributed by atoms with Crippen LogP contribution in [0.1, 0.15) is 41.4 Å². The topological polar surface area (TPSA) is 78.9 Å². The fraction of sp³-hybridized carbons (Fsp3) is 0.333. The minimum Gasteiger partial charge on any atom is -0.484 e. The van der Waals surface area contributed by atoms with E-state index in [1.807, 2.05) is 0 Å². The molecule has 30 heavy (non-hydrogen) atoms. The number of rotatable bonds is 5. The summed E-state index contributed by atoms with van der Waals surface area (Å²) in [6, 6.07) is 8.85. The highest BCUT2D eigenvalue weighted by atomic mass is 35.5. The monoisotopic (exact) mass is 450 g/mol. The first-order chi connectivity index (χ1) is 14.2. The van der Waals surface area contributed by atoms with Crippen LogP contribution in [0.15, 0.2) is 36.4 Å². The first-order valence-corrected chi connectivity index (χ1v) is 10.2. The van der Waals surface area contributed by atoms with E-state index < -0.39 is 23.1 Å². The number of carbonyl (C=O) groups excluding carboxylic acids is 2. The molecule has 1 heterocycles. The number of aliphatic hydroxyl groups is 1. The number of benzene rings is 2. The van der Waals surface area contributed by atoms with Crippen molar-refractivity contribution < 1.29 is 23.8 Å². The molecule has 6 nitrogen and oxygen atoms in total. The van der Waals surface area contributed by atoms with Gasteiger partial charge in [-0.15, -0.1) is 0 Å². The predicted molar refractivity (Wildman–Crippen MR) is 107 cm³/mol. The summed E-state index contributed by atoms with van der Waals surface area (Å²) in [7, 11) is 0. The highest BCUT2D eigenvalue weighted by molar-refractivity contribution is 6.31. The number of fused-ring (bicyclic) bond motifs is 1. The van der Waals surface area contributed by atoms with Crippen molar-refractivity contribution >= 4 is 35.0 Å². The number of nitrogens with zero attached hydrogens (tertiary/aromatic N) is 1. The van der Waals surface area contributed by atoms with Crippen molar-refractivity contribution in [1.29, 1.82) is 0 Å². The molecule has 0 radical (unpaired) electrons. The lowest BCUT2D eigenvalue weighted by atomic mass is 9.43. The van der Waals surface area contributed by atoms with Crippen molar-refractivity contribution in [2.24, 2.45) is 0 Å². The van der Waals surface area contributed by atoms with Crippen LogP contribution in [-0.4, -0.2) is 39.5 Å². The summed E-state index contributed by atoms with van der Waals surface area (Å²) in [5, 5.41) is 14.0. The van der Waals surface area contributed by atoms with E-state index in [2.05, 4.69) is 5.32 Å². The lowest BCUT2D eigenvalue weighted by Gasteiger charge is -2.73. The summed E-state index contributed by atoms with van der Waals surface area (Å²) in [6.45, 7) is -0.259. The van der Waals surface area contributed by atoms with E-state index in [4.69, 9.17) is 27.9 Å². The van der Waals surface area contributed by atoms with Gasteiger partial charge in [-0.3, -0.25) is 9.59 Å². The Labute approximate surface area is 181 Å². The number of carbonyl (C=O) groups is 2. The third kappa shape index (κ3) is 2.87. The molecule has 0 saturated heterocycles. The van der Waals surface area contributed by atoms with E-state index in [1.54, 1.807) is 18.2 Å². The second-order valence-electron chi connectivity index (χ2n) is 8.23. The minimum absolute atomic E-state index is 0.0194. The molecule has 3 saturated carbocycles. The van der Waals surface area contributed by atoms with Crippen LogP contribution in [0.3, 0.4) is 0 Å². The third-order valence-corrected chi connectivity index (χ3v) is 6.71. The Kier molecular flexibility index (Phi) is 4.29.